The van der Waals surface area contributed by atoms with Gasteiger partial charge in [-0.05, 0) is 53.6 Å². The third-order valence-corrected chi connectivity index (χ3v) is 7.78. The molecule has 1 N–H and O–H groups in total. The molecule has 1 fully saturated rings. The summed E-state index contributed by atoms with van der Waals surface area (Å²) in [4.78, 5) is 14.2. The van der Waals surface area contributed by atoms with Crippen molar-refractivity contribution in [3.8, 4) is 5.75 Å². The minimum atomic E-state index is -1.23. The SMILES string of the molecule is O=C(O)Cc1ccc(OCc2ccc(Cl)cc2)c(CN2CCN(S(=O)c3ccc(Cl)cc3)CC2)c1. The molecule has 0 radical (unpaired) electrons. The Labute approximate surface area is 217 Å². The van der Waals surface area contributed by atoms with Crippen molar-refractivity contribution in [2.75, 3.05) is 26.2 Å². The Morgan fingerprint density at radius 1 is 0.886 bits per heavy atom. The summed E-state index contributed by atoms with van der Waals surface area (Å²) < 4.78 is 21.0. The van der Waals surface area contributed by atoms with E-state index in [1.54, 1.807) is 30.3 Å². The number of halogens is 2. The lowest BCUT2D eigenvalue weighted by Crippen LogP contribution is -2.46. The smallest absolute Gasteiger partial charge is 0.307 e. The molecule has 1 saturated heterocycles. The number of aliphatic carboxylic acids is 1. The summed E-state index contributed by atoms with van der Waals surface area (Å²) in [6, 6.07) is 20.1. The highest BCUT2D eigenvalue weighted by atomic mass is 35.5. The van der Waals surface area contributed by atoms with Crippen LogP contribution in [-0.4, -0.2) is 50.7 Å². The Balaban J connectivity index is 1.41. The third-order valence-electron chi connectivity index (χ3n) is 5.76. The van der Waals surface area contributed by atoms with Crippen LogP contribution in [0.15, 0.2) is 71.6 Å². The zero-order valence-electron chi connectivity index (χ0n) is 19.0. The van der Waals surface area contributed by atoms with E-state index in [1.165, 1.54) is 0 Å². The summed E-state index contributed by atoms with van der Waals surface area (Å²) in [6.45, 7) is 3.79. The molecule has 1 aliphatic rings. The molecule has 35 heavy (non-hydrogen) atoms. The average Bonchev–Trinajstić information content (AvgIpc) is 2.85. The molecule has 0 aliphatic carbocycles. The van der Waals surface area contributed by atoms with Crippen LogP contribution in [0.2, 0.25) is 10.0 Å². The van der Waals surface area contributed by atoms with E-state index in [0.29, 0.717) is 36.3 Å². The van der Waals surface area contributed by atoms with Crippen molar-refractivity contribution in [2.24, 2.45) is 0 Å². The molecule has 1 aliphatic heterocycles. The van der Waals surface area contributed by atoms with E-state index in [1.807, 2.05) is 40.7 Å². The van der Waals surface area contributed by atoms with E-state index < -0.39 is 17.0 Å². The van der Waals surface area contributed by atoms with Gasteiger partial charge in [-0.2, -0.15) is 0 Å². The Hall–Kier alpha value is -2.42. The number of hydrogen-bond acceptors (Lipinski definition) is 4. The highest BCUT2D eigenvalue weighted by molar-refractivity contribution is 7.82. The molecule has 3 aromatic rings. The number of ether oxygens (including phenoxy) is 1. The maximum Gasteiger partial charge on any atom is 0.307 e. The lowest BCUT2D eigenvalue weighted by Gasteiger charge is -2.34. The quantitative estimate of drug-likeness (QED) is 0.418. The molecule has 1 atom stereocenters. The molecule has 0 spiro atoms. The fourth-order valence-electron chi connectivity index (χ4n) is 3.92. The van der Waals surface area contributed by atoms with Gasteiger partial charge in [-0.25, -0.2) is 8.51 Å². The molecule has 0 aromatic heterocycles. The fourth-order valence-corrected chi connectivity index (χ4v) is 5.33. The van der Waals surface area contributed by atoms with Gasteiger partial charge >= 0.3 is 5.97 Å². The summed E-state index contributed by atoms with van der Waals surface area (Å²) in [5.41, 5.74) is 2.66. The van der Waals surface area contributed by atoms with E-state index in [-0.39, 0.29) is 6.42 Å². The molecular weight excluding hydrogens is 507 g/mol. The van der Waals surface area contributed by atoms with Crippen molar-refractivity contribution in [2.45, 2.75) is 24.5 Å². The van der Waals surface area contributed by atoms with Gasteiger partial charge in [-0.3, -0.25) is 9.69 Å². The van der Waals surface area contributed by atoms with Gasteiger partial charge in [0.15, 0.2) is 0 Å². The number of piperazine rings is 1. The first kappa shape index (κ1) is 25.7. The van der Waals surface area contributed by atoms with Crippen LogP contribution in [0.3, 0.4) is 0 Å². The molecule has 1 unspecified atom stereocenters. The highest BCUT2D eigenvalue weighted by Gasteiger charge is 2.23. The first-order valence-electron chi connectivity index (χ1n) is 11.2. The van der Waals surface area contributed by atoms with Gasteiger partial charge in [-0.1, -0.05) is 47.5 Å². The topological polar surface area (TPSA) is 70.1 Å². The number of carbonyl (C=O) groups is 1. The molecule has 9 heteroatoms. The van der Waals surface area contributed by atoms with Crippen molar-refractivity contribution in [3.05, 3.63) is 93.5 Å². The fraction of sp³-hybridized carbons (Fsp3) is 0.269. The van der Waals surface area contributed by atoms with E-state index >= 15 is 0 Å². The summed E-state index contributed by atoms with van der Waals surface area (Å²) in [5, 5.41) is 10.5. The van der Waals surface area contributed by atoms with Crippen LogP contribution < -0.4 is 4.74 Å². The van der Waals surface area contributed by atoms with Gasteiger partial charge in [0, 0.05) is 48.3 Å². The normalized spacial score (nSPS) is 15.6. The maximum absolute atomic E-state index is 12.9. The van der Waals surface area contributed by atoms with Gasteiger partial charge in [0.1, 0.15) is 23.3 Å². The minimum absolute atomic E-state index is 0.0433. The highest BCUT2D eigenvalue weighted by Crippen LogP contribution is 2.25. The molecule has 4 rings (SSSR count). The zero-order chi connectivity index (χ0) is 24.8. The van der Waals surface area contributed by atoms with Crippen molar-refractivity contribution in [1.29, 1.82) is 0 Å². The van der Waals surface area contributed by atoms with Crippen molar-refractivity contribution in [1.82, 2.24) is 9.21 Å². The molecular formula is C26H26Cl2N2O4S. The summed E-state index contributed by atoms with van der Waals surface area (Å²) in [5.74, 6) is -0.148. The van der Waals surface area contributed by atoms with Crippen LogP contribution in [0.5, 0.6) is 5.75 Å². The molecule has 0 saturated carbocycles. The van der Waals surface area contributed by atoms with Crippen molar-refractivity contribution >= 4 is 40.2 Å². The predicted octanol–water partition coefficient (Wildman–Crippen LogP) is 5.04. The standard InChI is InChI=1S/C26H26Cl2N2O4S/c27-22-4-1-19(2-5-22)18-34-25-10-3-20(16-26(31)32)15-21(25)17-29-11-13-30(14-12-29)35(33)24-8-6-23(28)7-9-24/h1-10,15H,11-14,16-18H2,(H,31,32). The van der Waals surface area contributed by atoms with Crippen LogP contribution in [-0.2, 0) is 35.4 Å². The third kappa shape index (κ3) is 7.29. The Kier molecular flexibility index (Phi) is 8.81. The predicted molar refractivity (Wildman–Crippen MR) is 138 cm³/mol. The van der Waals surface area contributed by atoms with Crippen LogP contribution >= 0.6 is 23.2 Å². The first-order chi connectivity index (χ1) is 16.9. The summed E-state index contributed by atoms with van der Waals surface area (Å²) >= 11 is 11.9. The van der Waals surface area contributed by atoms with E-state index in [2.05, 4.69) is 4.90 Å². The molecule has 0 bridgehead atoms. The van der Waals surface area contributed by atoms with Crippen molar-refractivity contribution in [3.63, 3.8) is 0 Å². The molecule has 184 valence electrons. The first-order valence-corrected chi connectivity index (χ1v) is 13.1. The minimum Gasteiger partial charge on any atom is -0.489 e. The lowest BCUT2D eigenvalue weighted by atomic mass is 10.1. The Bertz CT molecular complexity index is 1180. The molecule has 3 aromatic carbocycles. The van der Waals surface area contributed by atoms with Gasteiger partial charge in [0.25, 0.3) is 0 Å². The average molecular weight is 533 g/mol. The zero-order valence-corrected chi connectivity index (χ0v) is 21.4. The molecule has 0 amide bonds. The van der Waals surface area contributed by atoms with Gasteiger partial charge in [0.2, 0.25) is 0 Å². The monoisotopic (exact) mass is 532 g/mol. The number of carboxylic acids is 1. The van der Waals surface area contributed by atoms with Crippen LogP contribution in [0.4, 0.5) is 0 Å². The van der Waals surface area contributed by atoms with E-state index in [4.69, 9.17) is 27.9 Å². The van der Waals surface area contributed by atoms with Crippen LogP contribution in [0.25, 0.3) is 0 Å². The van der Waals surface area contributed by atoms with E-state index in [9.17, 15) is 14.1 Å². The number of rotatable bonds is 9. The number of nitrogens with zero attached hydrogens (tertiary/aromatic N) is 2. The number of benzene rings is 3. The van der Waals surface area contributed by atoms with Gasteiger partial charge in [0.05, 0.1) is 11.3 Å². The second-order valence-electron chi connectivity index (χ2n) is 8.34. The Morgan fingerprint density at radius 3 is 2.11 bits per heavy atom. The van der Waals surface area contributed by atoms with E-state index in [0.717, 1.165) is 40.4 Å². The van der Waals surface area contributed by atoms with Crippen molar-refractivity contribution < 1.29 is 18.8 Å². The Morgan fingerprint density at radius 2 is 1.49 bits per heavy atom. The largest absolute Gasteiger partial charge is 0.489 e. The number of hydrogen-bond donors (Lipinski definition) is 1. The summed E-state index contributed by atoms with van der Waals surface area (Å²) in [6.07, 6.45) is -0.0433. The molecule has 6 nitrogen and oxygen atoms in total. The summed E-state index contributed by atoms with van der Waals surface area (Å²) in [7, 11) is -1.23. The second kappa shape index (κ2) is 12.0. The molecule has 1 heterocycles. The van der Waals surface area contributed by atoms with Crippen LogP contribution in [0.1, 0.15) is 16.7 Å². The van der Waals surface area contributed by atoms with Gasteiger partial charge in [-0.15, -0.1) is 0 Å². The van der Waals surface area contributed by atoms with Gasteiger partial charge < -0.3 is 9.84 Å². The van der Waals surface area contributed by atoms with Crippen LogP contribution in [0, 0.1) is 0 Å². The number of carboxylic acid groups (broad SMARTS) is 1. The maximum atomic E-state index is 12.9. The lowest BCUT2D eigenvalue weighted by molar-refractivity contribution is -0.136. The second-order valence-corrected chi connectivity index (χ2v) is 10.7.